The highest BCUT2D eigenvalue weighted by Crippen LogP contribution is 2.17. The van der Waals surface area contributed by atoms with Crippen molar-refractivity contribution in [1.29, 1.82) is 0 Å². The Morgan fingerprint density at radius 1 is 1.45 bits per heavy atom. The maximum absolute atomic E-state index is 4.15. The molecular formula is C9H17NS. The van der Waals surface area contributed by atoms with Crippen LogP contribution in [0.2, 0.25) is 0 Å². The lowest BCUT2D eigenvalue weighted by atomic mass is 10.1. The molecule has 0 unspecified atom stereocenters. The average molecular weight is 171 g/mol. The van der Waals surface area contributed by atoms with Gasteiger partial charge in [-0.2, -0.15) is 0 Å². The van der Waals surface area contributed by atoms with Crippen molar-refractivity contribution in [2.75, 3.05) is 6.54 Å². The predicted molar refractivity (Wildman–Crippen MR) is 55.2 cm³/mol. The second kappa shape index (κ2) is 6.47. The topological polar surface area (TPSA) is 12.4 Å². The van der Waals surface area contributed by atoms with E-state index in [9.17, 15) is 0 Å². The van der Waals surface area contributed by atoms with Gasteiger partial charge in [-0.25, -0.2) is 0 Å². The molecule has 1 aliphatic rings. The Hall–Kier alpha value is -0.240. The molecule has 0 bridgehead atoms. The van der Waals surface area contributed by atoms with Crippen molar-refractivity contribution in [2.24, 2.45) is 10.9 Å². The van der Waals surface area contributed by atoms with Crippen molar-refractivity contribution >= 4 is 17.3 Å². The minimum absolute atomic E-state index is 0.662. The third kappa shape index (κ3) is 4.25. The van der Waals surface area contributed by atoms with Crippen LogP contribution in [0.15, 0.2) is 16.0 Å². The van der Waals surface area contributed by atoms with E-state index in [2.05, 4.69) is 24.2 Å². The summed E-state index contributed by atoms with van der Waals surface area (Å²) in [6.07, 6.45) is 0. The van der Waals surface area contributed by atoms with E-state index < -0.39 is 0 Å². The molecule has 1 nitrogen and oxygen atoms in total. The lowest BCUT2D eigenvalue weighted by Gasteiger charge is -2.09. The molecule has 0 saturated carbocycles. The zero-order valence-corrected chi connectivity index (χ0v) is 8.61. The summed E-state index contributed by atoms with van der Waals surface area (Å²) in [6.45, 7) is 9.31. The highest BCUT2D eigenvalue weighted by atomic mass is 32.2. The van der Waals surface area contributed by atoms with Crippen molar-refractivity contribution in [3.8, 4) is 0 Å². The fraction of sp³-hybridized carbons (Fsp3) is 0.667. The molecule has 0 amide bonds. The summed E-state index contributed by atoms with van der Waals surface area (Å²) in [7, 11) is 0. The summed E-state index contributed by atoms with van der Waals surface area (Å²) in [5, 5.41) is 2.19. The summed E-state index contributed by atoms with van der Waals surface area (Å²) >= 11 is 1.68. The van der Waals surface area contributed by atoms with E-state index in [4.69, 9.17) is 0 Å². The van der Waals surface area contributed by atoms with Gasteiger partial charge in [0.2, 0.25) is 0 Å². The lowest BCUT2D eigenvalue weighted by molar-refractivity contribution is 0.749. The number of nitrogens with zero attached hydrogens (tertiary/aromatic N) is 1. The molecule has 0 aliphatic carbocycles. The van der Waals surface area contributed by atoms with Crippen LogP contribution in [0.4, 0.5) is 0 Å². The van der Waals surface area contributed by atoms with Crippen LogP contribution in [0.1, 0.15) is 27.7 Å². The van der Waals surface area contributed by atoms with Crippen molar-refractivity contribution < 1.29 is 0 Å². The van der Waals surface area contributed by atoms with E-state index in [0.29, 0.717) is 5.92 Å². The minimum Gasteiger partial charge on any atom is -0.282 e. The Labute approximate surface area is 74.0 Å². The first-order chi connectivity index (χ1) is 5.30. The molecule has 1 rings (SSSR count). The van der Waals surface area contributed by atoms with Crippen LogP contribution in [0.5, 0.6) is 0 Å². The molecule has 64 valence electrons. The van der Waals surface area contributed by atoms with Gasteiger partial charge in [-0.3, -0.25) is 4.99 Å². The molecule has 0 N–H and O–H groups in total. The van der Waals surface area contributed by atoms with Crippen LogP contribution in [0.25, 0.3) is 0 Å². The minimum atomic E-state index is 0.662. The molecule has 2 heteroatoms. The molecule has 0 aromatic heterocycles. The maximum Gasteiger partial charge on any atom is 0.0616 e. The van der Waals surface area contributed by atoms with Crippen LogP contribution in [-0.2, 0) is 0 Å². The van der Waals surface area contributed by atoms with E-state index >= 15 is 0 Å². The Morgan fingerprint density at radius 2 is 2.09 bits per heavy atom. The molecule has 1 aliphatic heterocycles. The van der Waals surface area contributed by atoms with E-state index in [1.54, 1.807) is 11.8 Å². The first-order valence-corrected chi connectivity index (χ1v) is 5.07. The standard InChI is InChI=1S/C7H11NS.C2H6/c1-6(2)7-3-8-5-9-4-7;1-2/h4-6H,3H2,1-2H3;1-2H3. The molecule has 0 atom stereocenters. The van der Waals surface area contributed by atoms with Crippen LogP contribution in [0.3, 0.4) is 0 Å². The van der Waals surface area contributed by atoms with Crippen LogP contribution in [-0.4, -0.2) is 12.1 Å². The maximum atomic E-state index is 4.15. The zero-order valence-electron chi connectivity index (χ0n) is 7.79. The third-order valence-corrected chi connectivity index (χ3v) is 2.08. The molecule has 0 radical (unpaired) electrons. The van der Waals surface area contributed by atoms with Crippen molar-refractivity contribution in [1.82, 2.24) is 0 Å². The zero-order chi connectivity index (χ0) is 8.69. The summed E-state index contributed by atoms with van der Waals surface area (Å²) in [6, 6.07) is 0. The second-order valence-corrected chi connectivity index (χ2v) is 3.15. The Kier molecular flexibility index (Phi) is 6.33. The first kappa shape index (κ1) is 10.8. The highest BCUT2D eigenvalue weighted by molar-refractivity contribution is 8.14. The van der Waals surface area contributed by atoms with E-state index in [-0.39, 0.29) is 0 Å². The number of thioether (sulfide) groups is 1. The fourth-order valence-electron chi connectivity index (χ4n) is 0.659. The molecule has 0 spiro atoms. The first-order valence-electron chi connectivity index (χ1n) is 4.13. The largest absolute Gasteiger partial charge is 0.282 e. The lowest BCUT2D eigenvalue weighted by Crippen LogP contribution is -1.99. The quantitative estimate of drug-likeness (QED) is 0.589. The predicted octanol–water partition coefficient (Wildman–Crippen LogP) is 3.33. The summed E-state index contributed by atoms with van der Waals surface area (Å²) < 4.78 is 0. The Morgan fingerprint density at radius 3 is 2.36 bits per heavy atom. The summed E-state index contributed by atoms with van der Waals surface area (Å²) in [5.74, 6) is 0.662. The highest BCUT2D eigenvalue weighted by Gasteiger charge is 2.03. The van der Waals surface area contributed by atoms with Crippen molar-refractivity contribution in [3.63, 3.8) is 0 Å². The van der Waals surface area contributed by atoms with E-state index in [1.807, 2.05) is 19.4 Å². The van der Waals surface area contributed by atoms with Crippen molar-refractivity contribution in [2.45, 2.75) is 27.7 Å². The van der Waals surface area contributed by atoms with Gasteiger partial charge in [-0.15, -0.1) is 0 Å². The van der Waals surface area contributed by atoms with Gasteiger partial charge in [-0.1, -0.05) is 39.5 Å². The summed E-state index contributed by atoms with van der Waals surface area (Å²) in [5.41, 5.74) is 3.34. The molecule has 0 fully saturated rings. The van der Waals surface area contributed by atoms with Crippen LogP contribution in [0, 0.1) is 5.92 Å². The summed E-state index contributed by atoms with van der Waals surface area (Å²) in [4.78, 5) is 4.15. The van der Waals surface area contributed by atoms with Gasteiger partial charge in [0.25, 0.3) is 0 Å². The van der Waals surface area contributed by atoms with E-state index in [1.165, 1.54) is 5.57 Å². The smallest absolute Gasteiger partial charge is 0.0616 e. The number of hydrogen-bond donors (Lipinski definition) is 0. The normalized spacial score (nSPS) is 15.5. The van der Waals surface area contributed by atoms with Gasteiger partial charge in [0.1, 0.15) is 0 Å². The SMILES string of the molecule is CC.CC(C)C1=CSC=NC1. The molecular weight excluding hydrogens is 154 g/mol. The number of hydrogen-bond acceptors (Lipinski definition) is 2. The fourth-order valence-corrected chi connectivity index (χ4v) is 1.40. The van der Waals surface area contributed by atoms with Gasteiger partial charge in [0, 0.05) is 0 Å². The second-order valence-electron chi connectivity index (χ2n) is 2.43. The van der Waals surface area contributed by atoms with Gasteiger partial charge >= 0.3 is 0 Å². The number of rotatable bonds is 1. The Bertz CT molecular complexity index is 148. The van der Waals surface area contributed by atoms with Gasteiger partial charge in [0.15, 0.2) is 0 Å². The third-order valence-electron chi connectivity index (χ3n) is 1.37. The Balaban J connectivity index is 0.000000461. The van der Waals surface area contributed by atoms with Gasteiger partial charge in [-0.05, 0) is 16.9 Å². The molecule has 11 heavy (non-hydrogen) atoms. The molecule has 1 heterocycles. The van der Waals surface area contributed by atoms with E-state index in [0.717, 1.165) is 6.54 Å². The molecule has 0 aromatic carbocycles. The van der Waals surface area contributed by atoms with Crippen LogP contribution < -0.4 is 0 Å². The van der Waals surface area contributed by atoms with Gasteiger partial charge in [0.05, 0.1) is 12.1 Å². The van der Waals surface area contributed by atoms with Crippen LogP contribution >= 0.6 is 11.8 Å². The monoisotopic (exact) mass is 171 g/mol. The number of aliphatic imine (C=N–C) groups is 1. The van der Waals surface area contributed by atoms with Crippen molar-refractivity contribution in [3.05, 3.63) is 11.0 Å². The van der Waals surface area contributed by atoms with Gasteiger partial charge < -0.3 is 0 Å². The molecule has 0 saturated heterocycles. The average Bonchev–Trinajstić information content (AvgIpc) is 2.10. The molecule has 0 aromatic rings.